The Morgan fingerprint density at radius 1 is 1.45 bits per heavy atom. The summed E-state index contributed by atoms with van der Waals surface area (Å²) in [6, 6.07) is 6.43. The molecule has 1 heterocycles. The molecule has 3 nitrogen and oxygen atoms in total. The van der Waals surface area contributed by atoms with E-state index in [4.69, 9.17) is 10.5 Å². The number of benzene rings is 1. The molecule has 0 spiro atoms. The van der Waals surface area contributed by atoms with Crippen molar-refractivity contribution in [2.75, 3.05) is 19.7 Å². The van der Waals surface area contributed by atoms with Crippen LogP contribution in [0.15, 0.2) is 22.7 Å². The zero-order valence-corrected chi connectivity index (χ0v) is 13.9. The van der Waals surface area contributed by atoms with Crippen LogP contribution in [0.25, 0.3) is 0 Å². The van der Waals surface area contributed by atoms with Gasteiger partial charge in [0.15, 0.2) is 0 Å². The van der Waals surface area contributed by atoms with Crippen LogP contribution in [-0.4, -0.2) is 30.7 Å². The summed E-state index contributed by atoms with van der Waals surface area (Å²) in [7, 11) is 0. The van der Waals surface area contributed by atoms with Crippen LogP contribution in [-0.2, 0) is 17.8 Å². The van der Waals surface area contributed by atoms with Crippen molar-refractivity contribution >= 4 is 15.9 Å². The summed E-state index contributed by atoms with van der Waals surface area (Å²) in [4.78, 5) is 2.49. The van der Waals surface area contributed by atoms with Crippen molar-refractivity contribution in [2.24, 2.45) is 5.73 Å². The number of likely N-dealkylation sites (tertiary alicyclic amines) is 1. The maximum absolute atomic E-state index is 5.90. The fourth-order valence-corrected chi connectivity index (χ4v) is 3.22. The molecular formula is C16H25BrN2O. The summed E-state index contributed by atoms with van der Waals surface area (Å²) in [5.41, 5.74) is 8.17. The molecule has 1 aliphatic rings. The topological polar surface area (TPSA) is 38.5 Å². The lowest BCUT2D eigenvalue weighted by Gasteiger charge is -2.32. The van der Waals surface area contributed by atoms with Crippen molar-refractivity contribution < 1.29 is 4.74 Å². The van der Waals surface area contributed by atoms with Crippen LogP contribution in [0.3, 0.4) is 0 Å². The lowest BCUT2D eigenvalue weighted by atomic mass is 10.1. The summed E-state index contributed by atoms with van der Waals surface area (Å²) in [5.74, 6) is 0. The molecular weight excluding hydrogens is 316 g/mol. The van der Waals surface area contributed by atoms with Gasteiger partial charge >= 0.3 is 0 Å². The summed E-state index contributed by atoms with van der Waals surface area (Å²) >= 11 is 3.66. The van der Waals surface area contributed by atoms with Crippen molar-refractivity contribution in [2.45, 2.75) is 45.4 Å². The van der Waals surface area contributed by atoms with E-state index >= 15 is 0 Å². The molecule has 1 aromatic carbocycles. The first kappa shape index (κ1) is 16.0. The summed E-state index contributed by atoms with van der Waals surface area (Å²) in [6.45, 7) is 6.83. The summed E-state index contributed by atoms with van der Waals surface area (Å²) in [6.07, 6.45) is 3.94. The quantitative estimate of drug-likeness (QED) is 0.863. The monoisotopic (exact) mass is 340 g/mol. The van der Waals surface area contributed by atoms with E-state index in [2.05, 4.69) is 46.0 Å². The third-order valence-electron chi connectivity index (χ3n) is 3.77. The van der Waals surface area contributed by atoms with E-state index in [-0.39, 0.29) is 0 Å². The van der Waals surface area contributed by atoms with Crippen LogP contribution in [0.1, 0.15) is 37.3 Å². The average molecular weight is 341 g/mol. The van der Waals surface area contributed by atoms with Gasteiger partial charge in [0.1, 0.15) is 0 Å². The van der Waals surface area contributed by atoms with E-state index in [0.29, 0.717) is 12.6 Å². The minimum atomic E-state index is 0.408. The standard InChI is InChI=1S/C16H25BrN2O/c1-2-8-20-15-4-3-7-19(12-15)11-14-6-5-13(10-18)9-16(14)17/h5-6,9,15H,2-4,7-8,10-12,18H2,1H3. The fraction of sp³-hybridized carbons (Fsp3) is 0.625. The normalized spacial score (nSPS) is 20.2. The van der Waals surface area contributed by atoms with Crippen LogP contribution in [0.5, 0.6) is 0 Å². The lowest BCUT2D eigenvalue weighted by Crippen LogP contribution is -2.39. The van der Waals surface area contributed by atoms with Crippen LogP contribution < -0.4 is 5.73 Å². The Morgan fingerprint density at radius 3 is 3.00 bits per heavy atom. The predicted molar refractivity (Wildman–Crippen MR) is 86.6 cm³/mol. The van der Waals surface area contributed by atoms with Gasteiger partial charge in [-0.2, -0.15) is 0 Å². The zero-order valence-electron chi connectivity index (χ0n) is 12.3. The highest BCUT2D eigenvalue weighted by Crippen LogP contribution is 2.22. The molecule has 2 N–H and O–H groups in total. The number of nitrogens with two attached hydrogens (primary N) is 1. The molecule has 0 saturated carbocycles. The zero-order chi connectivity index (χ0) is 14.4. The first-order valence-corrected chi connectivity index (χ1v) is 8.33. The van der Waals surface area contributed by atoms with Gasteiger partial charge in [-0.3, -0.25) is 4.90 Å². The molecule has 20 heavy (non-hydrogen) atoms. The second-order valence-electron chi connectivity index (χ2n) is 5.50. The van der Waals surface area contributed by atoms with Gasteiger partial charge in [0.25, 0.3) is 0 Å². The third-order valence-corrected chi connectivity index (χ3v) is 4.51. The van der Waals surface area contributed by atoms with Crippen LogP contribution >= 0.6 is 15.9 Å². The van der Waals surface area contributed by atoms with Crippen molar-refractivity contribution in [3.8, 4) is 0 Å². The molecule has 1 fully saturated rings. The van der Waals surface area contributed by atoms with Crippen LogP contribution in [0.4, 0.5) is 0 Å². The number of rotatable bonds is 6. The van der Waals surface area contributed by atoms with Crippen molar-refractivity contribution in [3.05, 3.63) is 33.8 Å². The molecule has 0 aliphatic carbocycles. The van der Waals surface area contributed by atoms with Crippen molar-refractivity contribution in [1.82, 2.24) is 4.90 Å². The molecule has 1 unspecified atom stereocenters. The van der Waals surface area contributed by atoms with Gasteiger partial charge in [0, 0.05) is 30.7 Å². The smallest absolute Gasteiger partial charge is 0.0702 e. The van der Waals surface area contributed by atoms with Gasteiger partial charge in [-0.1, -0.05) is 35.0 Å². The van der Waals surface area contributed by atoms with Gasteiger partial charge < -0.3 is 10.5 Å². The molecule has 1 aromatic rings. The number of halogens is 1. The minimum Gasteiger partial charge on any atom is -0.377 e. The Morgan fingerprint density at radius 2 is 2.30 bits per heavy atom. The second-order valence-corrected chi connectivity index (χ2v) is 6.35. The highest BCUT2D eigenvalue weighted by Gasteiger charge is 2.20. The van der Waals surface area contributed by atoms with E-state index in [1.54, 1.807) is 0 Å². The Kier molecular flexibility index (Phi) is 6.49. The van der Waals surface area contributed by atoms with E-state index in [1.165, 1.54) is 24.0 Å². The number of ether oxygens (including phenoxy) is 1. The second kappa shape index (κ2) is 8.13. The highest BCUT2D eigenvalue weighted by molar-refractivity contribution is 9.10. The highest BCUT2D eigenvalue weighted by atomic mass is 79.9. The summed E-state index contributed by atoms with van der Waals surface area (Å²) in [5, 5.41) is 0. The Hall–Kier alpha value is -0.420. The molecule has 0 radical (unpaired) electrons. The van der Waals surface area contributed by atoms with E-state index in [9.17, 15) is 0 Å². The molecule has 1 saturated heterocycles. The minimum absolute atomic E-state index is 0.408. The number of hydrogen-bond donors (Lipinski definition) is 1. The molecule has 4 heteroatoms. The molecule has 0 amide bonds. The Labute approximate surface area is 130 Å². The molecule has 0 aromatic heterocycles. The molecule has 2 rings (SSSR count). The first-order chi connectivity index (χ1) is 9.72. The lowest BCUT2D eigenvalue weighted by molar-refractivity contribution is -0.00227. The summed E-state index contributed by atoms with van der Waals surface area (Å²) < 4.78 is 7.06. The number of hydrogen-bond acceptors (Lipinski definition) is 3. The third kappa shape index (κ3) is 4.55. The maximum atomic E-state index is 5.90. The van der Waals surface area contributed by atoms with Gasteiger partial charge in [-0.05, 0) is 43.0 Å². The van der Waals surface area contributed by atoms with E-state index in [0.717, 1.165) is 37.1 Å². The molecule has 112 valence electrons. The predicted octanol–water partition coefficient (Wildman–Crippen LogP) is 3.30. The van der Waals surface area contributed by atoms with Crippen molar-refractivity contribution in [3.63, 3.8) is 0 Å². The van der Waals surface area contributed by atoms with E-state index in [1.807, 2.05) is 0 Å². The Bertz CT molecular complexity index is 425. The molecule has 1 aliphatic heterocycles. The van der Waals surface area contributed by atoms with Gasteiger partial charge in [-0.25, -0.2) is 0 Å². The van der Waals surface area contributed by atoms with Gasteiger partial charge in [0.2, 0.25) is 0 Å². The maximum Gasteiger partial charge on any atom is 0.0702 e. The first-order valence-electron chi connectivity index (χ1n) is 7.54. The van der Waals surface area contributed by atoms with Crippen molar-refractivity contribution in [1.29, 1.82) is 0 Å². The van der Waals surface area contributed by atoms with E-state index < -0.39 is 0 Å². The van der Waals surface area contributed by atoms with Gasteiger partial charge in [0.05, 0.1) is 6.10 Å². The van der Waals surface area contributed by atoms with Gasteiger partial charge in [-0.15, -0.1) is 0 Å². The number of piperidine rings is 1. The molecule has 0 bridgehead atoms. The molecule has 1 atom stereocenters. The largest absolute Gasteiger partial charge is 0.377 e. The average Bonchev–Trinajstić information content (AvgIpc) is 2.47. The van der Waals surface area contributed by atoms with Crippen LogP contribution in [0, 0.1) is 0 Å². The van der Waals surface area contributed by atoms with Crippen LogP contribution in [0.2, 0.25) is 0 Å². The SMILES string of the molecule is CCCOC1CCCN(Cc2ccc(CN)cc2Br)C1. The number of nitrogens with zero attached hydrogens (tertiary/aromatic N) is 1. The fourth-order valence-electron chi connectivity index (χ4n) is 2.66. The Balaban J connectivity index is 1.92.